The zero-order valence-electron chi connectivity index (χ0n) is 16.9. The highest BCUT2D eigenvalue weighted by molar-refractivity contribution is 5.79. The fourth-order valence-electron chi connectivity index (χ4n) is 4.08. The maximum absolute atomic E-state index is 12.8. The van der Waals surface area contributed by atoms with E-state index in [1.165, 1.54) is 4.57 Å². The summed E-state index contributed by atoms with van der Waals surface area (Å²) in [6.45, 7) is 1.23. The van der Waals surface area contributed by atoms with E-state index in [4.69, 9.17) is 9.47 Å². The van der Waals surface area contributed by atoms with Crippen molar-refractivity contribution in [3.05, 3.63) is 68.9 Å². The number of carbonyl (C=O) groups is 1. The van der Waals surface area contributed by atoms with Gasteiger partial charge in [0, 0.05) is 13.0 Å². The molecule has 1 aliphatic carbocycles. The number of nitrogens with one attached hydrogen (secondary N) is 2. The third-order valence-electron chi connectivity index (χ3n) is 5.80. The molecule has 1 aliphatic heterocycles. The fourth-order valence-corrected chi connectivity index (χ4v) is 4.08. The minimum Gasteiger partial charge on any atom is -0.486 e. The molecule has 8 nitrogen and oxygen atoms in total. The number of fused-ring (bicyclic) bond motifs is 2. The Morgan fingerprint density at radius 2 is 1.87 bits per heavy atom. The van der Waals surface area contributed by atoms with Gasteiger partial charge < -0.3 is 14.8 Å². The molecular weight excluding hydrogens is 398 g/mol. The standard InChI is InChI=1S/C23H23N3O5/c27-20(9-10-26-17-4-2-1-3-16(17)22(28)25-23(26)29)24-21(14-5-6-14)15-7-8-18-19(13-15)31-12-11-30-18/h1-4,7-8,13-14,21H,5-6,9-12H2,(H,24,27)(H,25,28,29). The van der Waals surface area contributed by atoms with Crippen LogP contribution in [0.3, 0.4) is 0 Å². The van der Waals surface area contributed by atoms with Crippen LogP contribution in [0.2, 0.25) is 0 Å². The number of aryl methyl sites for hydroxylation is 1. The van der Waals surface area contributed by atoms with Gasteiger partial charge in [-0.25, -0.2) is 4.79 Å². The van der Waals surface area contributed by atoms with E-state index in [2.05, 4.69) is 10.3 Å². The Hall–Kier alpha value is -3.55. The molecule has 0 bridgehead atoms. The summed E-state index contributed by atoms with van der Waals surface area (Å²) in [6, 6.07) is 12.6. The van der Waals surface area contributed by atoms with Crippen molar-refractivity contribution in [2.75, 3.05) is 13.2 Å². The van der Waals surface area contributed by atoms with Crippen LogP contribution >= 0.6 is 0 Å². The number of hydrogen-bond acceptors (Lipinski definition) is 5. The van der Waals surface area contributed by atoms with Crippen molar-refractivity contribution < 1.29 is 14.3 Å². The number of carbonyl (C=O) groups excluding carboxylic acids is 1. The molecule has 2 aliphatic rings. The van der Waals surface area contributed by atoms with Gasteiger partial charge in [-0.05, 0) is 48.6 Å². The monoisotopic (exact) mass is 421 g/mol. The first kappa shape index (κ1) is 19.4. The van der Waals surface area contributed by atoms with E-state index < -0.39 is 11.2 Å². The largest absolute Gasteiger partial charge is 0.486 e. The molecule has 31 heavy (non-hydrogen) atoms. The van der Waals surface area contributed by atoms with Crippen LogP contribution in [0.25, 0.3) is 10.9 Å². The minimum atomic E-state index is -0.512. The van der Waals surface area contributed by atoms with Crippen molar-refractivity contribution in [3.63, 3.8) is 0 Å². The summed E-state index contributed by atoms with van der Waals surface area (Å²) in [7, 11) is 0. The van der Waals surface area contributed by atoms with Crippen LogP contribution < -0.4 is 26.0 Å². The van der Waals surface area contributed by atoms with Crippen molar-refractivity contribution >= 4 is 16.8 Å². The lowest BCUT2D eigenvalue weighted by molar-refractivity contribution is -0.122. The third kappa shape index (κ3) is 3.93. The summed E-state index contributed by atoms with van der Waals surface area (Å²) in [5, 5.41) is 3.55. The van der Waals surface area contributed by atoms with Crippen molar-refractivity contribution in [1.82, 2.24) is 14.9 Å². The average molecular weight is 421 g/mol. The maximum Gasteiger partial charge on any atom is 0.328 e. The quantitative estimate of drug-likeness (QED) is 0.635. The van der Waals surface area contributed by atoms with Crippen LogP contribution in [0, 0.1) is 5.92 Å². The molecule has 1 amide bonds. The Labute approximate surface area is 177 Å². The third-order valence-corrected chi connectivity index (χ3v) is 5.80. The molecule has 3 aromatic rings. The average Bonchev–Trinajstić information content (AvgIpc) is 3.62. The van der Waals surface area contributed by atoms with E-state index in [1.54, 1.807) is 24.3 Å². The lowest BCUT2D eigenvalue weighted by atomic mass is 10.0. The predicted octanol–water partition coefficient (Wildman–Crippen LogP) is 2.12. The van der Waals surface area contributed by atoms with Crippen molar-refractivity contribution in [2.45, 2.75) is 31.8 Å². The smallest absolute Gasteiger partial charge is 0.328 e. The summed E-state index contributed by atoms with van der Waals surface area (Å²) in [5.74, 6) is 1.67. The minimum absolute atomic E-state index is 0.104. The second-order valence-electron chi connectivity index (χ2n) is 7.96. The fraction of sp³-hybridized carbons (Fsp3) is 0.348. The lowest BCUT2D eigenvalue weighted by Gasteiger charge is -2.23. The molecular formula is C23H23N3O5. The van der Waals surface area contributed by atoms with E-state index in [0.29, 0.717) is 35.8 Å². The maximum atomic E-state index is 12.8. The van der Waals surface area contributed by atoms with E-state index in [1.807, 2.05) is 18.2 Å². The summed E-state index contributed by atoms with van der Waals surface area (Å²) < 4.78 is 12.7. The van der Waals surface area contributed by atoms with E-state index in [0.717, 1.165) is 24.2 Å². The van der Waals surface area contributed by atoms with Gasteiger partial charge in [0.1, 0.15) is 13.2 Å². The number of para-hydroxylation sites is 1. The molecule has 0 saturated heterocycles. The van der Waals surface area contributed by atoms with Gasteiger partial charge in [-0.15, -0.1) is 0 Å². The molecule has 0 radical (unpaired) electrons. The number of benzene rings is 2. The van der Waals surface area contributed by atoms with Gasteiger partial charge in [0.25, 0.3) is 5.56 Å². The molecule has 1 aromatic heterocycles. The van der Waals surface area contributed by atoms with Crippen LogP contribution in [0.15, 0.2) is 52.1 Å². The van der Waals surface area contributed by atoms with Crippen LogP contribution in [0.4, 0.5) is 0 Å². The second-order valence-corrected chi connectivity index (χ2v) is 7.96. The highest BCUT2D eigenvalue weighted by atomic mass is 16.6. The molecule has 8 heteroatoms. The highest BCUT2D eigenvalue weighted by Gasteiger charge is 2.34. The van der Waals surface area contributed by atoms with Crippen LogP contribution in [-0.2, 0) is 11.3 Å². The number of ether oxygens (including phenoxy) is 2. The number of hydrogen-bond donors (Lipinski definition) is 2. The van der Waals surface area contributed by atoms with Crippen LogP contribution in [0.5, 0.6) is 11.5 Å². The zero-order chi connectivity index (χ0) is 21.4. The molecule has 2 N–H and O–H groups in total. The SMILES string of the molecule is O=C(CCn1c(=O)[nH]c(=O)c2ccccc21)NC(c1ccc2c(c1)OCCO2)C1CC1. The van der Waals surface area contributed by atoms with Gasteiger partial charge in [0.15, 0.2) is 11.5 Å². The van der Waals surface area contributed by atoms with Crippen molar-refractivity contribution in [2.24, 2.45) is 5.92 Å². The molecule has 5 rings (SSSR count). The highest BCUT2D eigenvalue weighted by Crippen LogP contribution is 2.43. The Bertz CT molecular complexity index is 1260. The zero-order valence-corrected chi connectivity index (χ0v) is 16.9. The predicted molar refractivity (Wildman–Crippen MR) is 114 cm³/mol. The van der Waals surface area contributed by atoms with Gasteiger partial charge in [0.2, 0.25) is 5.91 Å². The normalized spacial score (nSPS) is 16.1. The number of rotatable bonds is 6. The number of aromatic nitrogens is 2. The van der Waals surface area contributed by atoms with Gasteiger partial charge in [-0.2, -0.15) is 0 Å². The van der Waals surface area contributed by atoms with Crippen LogP contribution in [-0.4, -0.2) is 28.7 Å². The lowest BCUT2D eigenvalue weighted by Crippen LogP contribution is -2.34. The number of aromatic amines is 1. The van der Waals surface area contributed by atoms with Gasteiger partial charge in [-0.1, -0.05) is 18.2 Å². The molecule has 0 spiro atoms. The van der Waals surface area contributed by atoms with E-state index >= 15 is 0 Å². The summed E-state index contributed by atoms with van der Waals surface area (Å²) in [6.07, 6.45) is 2.25. The van der Waals surface area contributed by atoms with Gasteiger partial charge in [-0.3, -0.25) is 19.1 Å². The molecule has 1 atom stereocenters. The number of amides is 1. The first-order chi connectivity index (χ1) is 15.1. The molecule has 2 heterocycles. The Morgan fingerprint density at radius 1 is 1.10 bits per heavy atom. The Balaban J connectivity index is 1.33. The first-order valence-corrected chi connectivity index (χ1v) is 10.5. The van der Waals surface area contributed by atoms with Gasteiger partial charge >= 0.3 is 5.69 Å². The van der Waals surface area contributed by atoms with E-state index in [9.17, 15) is 14.4 Å². The molecule has 160 valence electrons. The summed E-state index contributed by atoms with van der Waals surface area (Å²) in [4.78, 5) is 39.4. The molecule has 1 saturated carbocycles. The first-order valence-electron chi connectivity index (χ1n) is 10.5. The summed E-state index contributed by atoms with van der Waals surface area (Å²) in [5.41, 5.74) is 0.581. The van der Waals surface area contributed by atoms with Gasteiger partial charge in [0.05, 0.1) is 16.9 Å². The summed E-state index contributed by atoms with van der Waals surface area (Å²) >= 11 is 0. The Morgan fingerprint density at radius 3 is 2.68 bits per heavy atom. The molecule has 2 aromatic carbocycles. The van der Waals surface area contributed by atoms with Crippen LogP contribution in [0.1, 0.15) is 30.9 Å². The molecule has 1 fully saturated rings. The topological polar surface area (TPSA) is 102 Å². The number of H-pyrrole nitrogens is 1. The van der Waals surface area contributed by atoms with Crippen molar-refractivity contribution in [1.29, 1.82) is 0 Å². The second kappa shape index (κ2) is 7.94. The molecule has 1 unspecified atom stereocenters. The Kier molecular flexibility index (Phi) is 4.97. The van der Waals surface area contributed by atoms with Crippen molar-refractivity contribution in [3.8, 4) is 11.5 Å². The number of nitrogens with zero attached hydrogens (tertiary/aromatic N) is 1. The van der Waals surface area contributed by atoms with E-state index in [-0.39, 0.29) is 24.9 Å².